The van der Waals surface area contributed by atoms with Crippen molar-refractivity contribution in [1.29, 1.82) is 0 Å². The summed E-state index contributed by atoms with van der Waals surface area (Å²) in [6.07, 6.45) is 2.95. The van der Waals surface area contributed by atoms with E-state index in [0.29, 0.717) is 24.3 Å². The van der Waals surface area contributed by atoms with Gasteiger partial charge in [-0.25, -0.2) is 9.67 Å². The van der Waals surface area contributed by atoms with Crippen LogP contribution in [0.25, 0.3) is 11.1 Å². The van der Waals surface area contributed by atoms with Crippen LogP contribution in [0.4, 0.5) is 8.78 Å². The summed E-state index contributed by atoms with van der Waals surface area (Å²) < 4.78 is 31.5. The Kier molecular flexibility index (Phi) is 4.33. The first-order valence-electron chi connectivity index (χ1n) is 6.94. The van der Waals surface area contributed by atoms with Crippen molar-refractivity contribution in [2.45, 2.75) is 19.7 Å². The summed E-state index contributed by atoms with van der Waals surface area (Å²) in [6.45, 7) is -2.17. The molecule has 0 aliphatic heterocycles. The zero-order valence-electron chi connectivity index (χ0n) is 12.1. The largest absolute Gasteiger partial charge is 0.418 e. The molecule has 2 aromatic heterocycles. The van der Waals surface area contributed by atoms with Crippen LogP contribution in [-0.4, -0.2) is 26.4 Å². The predicted molar refractivity (Wildman–Crippen MR) is 79.9 cm³/mol. The fourth-order valence-electron chi connectivity index (χ4n) is 2.33. The Morgan fingerprint density at radius 2 is 2.17 bits per heavy atom. The lowest BCUT2D eigenvalue weighted by Gasteiger charge is -2.07. The number of aromatic nitrogens is 4. The van der Waals surface area contributed by atoms with Crippen molar-refractivity contribution in [3.63, 3.8) is 0 Å². The SMILES string of the molecule is NCc1cccc(-c2cc(Cn3cncn3)[nH]c2OC(F)F)c1. The highest BCUT2D eigenvalue weighted by Gasteiger charge is 2.16. The van der Waals surface area contributed by atoms with Gasteiger partial charge in [0.2, 0.25) is 5.88 Å². The number of rotatable bonds is 6. The lowest BCUT2D eigenvalue weighted by Crippen LogP contribution is -2.04. The summed E-state index contributed by atoms with van der Waals surface area (Å²) in [5.41, 5.74) is 8.53. The molecule has 23 heavy (non-hydrogen) atoms. The second kappa shape index (κ2) is 6.57. The van der Waals surface area contributed by atoms with Gasteiger partial charge in [-0.3, -0.25) is 0 Å². The molecule has 0 unspecified atom stereocenters. The summed E-state index contributed by atoms with van der Waals surface area (Å²) in [5.74, 6) is 0.0179. The molecule has 0 amide bonds. The average molecular weight is 319 g/mol. The number of H-pyrrole nitrogens is 1. The van der Waals surface area contributed by atoms with Crippen molar-refractivity contribution >= 4 is 0 Å². The van der Waals surface area contributed by atoms with Gasteiger partial charge in [-0.2, -0.15) is 13.9 Å². The first kappa shape index (κ1) is 15.2. The second-order valence-corrected chi connectivity index (χ2v) is 4.91. The Balaban J connectivity index is 1.97. The fraction of sp³-hybridized carbons (Fsp3) is 0.200. The standard InChI is InChI=1S/C15H15F2N5O/c16-15(17)23-14-13(11-3-1-2-10(4-11)6-18)5-12(21-14)7-22-9-19-8-20-22/h1-5,8-9,15,21H,6-7,18H2. The number of nitrogens with one attached hydrogen (secondary N) is 1. The number of nitrogens with two attached hydrogens (primary N) is 1. The predicted octanol–water partition coefficient (Wildman–Crippen LogP) is 2.38. The second-order valence-electron chi connectivity index (χ2n) is 4.91. The molecule has 0 atom stereocenters. The molecule has 1 aromatic carbocycles. The van der Waals surface area contributed by atoms with Gasteiger partial charge in [0.15, 0.2) is 0 Å². The van der Waals surface area contributed by atoms with E-state index in [1.807, 2.05) is 24.3 Å². The molecule has 0 bridgehead atoms. The topological polar surface area (TPSA) is 81.8 Å². The Morgan fingerprint density at radius 1 is 1.30 bits per heavy atom. The molecule has 0 aliphatic rings. The normalized spacial score (nSPS) is 11.1. The fourth-order valence-corrected chi connectivity index (χ4v) is 2.33. The van der Waals surface area contributed by atoms with Gasteiger partial charge < -0.3 is 15.5 Å². The number of ether oxygens (including phenoxy) is 1. The minimum absolute atomic E-state index is 0.0179. The molecule has 0 saturated carbocycles. The maximum absolute atomic E-state index is 12.7. The molecule has 0 spiro atoms. The number of hydrogen-bond acceptors (Lipinski definition) is 4. The number of benzene rings is 1. The highest BCUT2D eigenvalue weighted by atomic mass is 19.3. The van der Waals surface area contributed by atoms with Crippen LogP contribution in [0.2, 0.25) is 0 Å². The van der Waals surface area contributed by atoms with E-state index in [1.54, 1.807) is 17.1 Å². The Bertz CT molecular complexity index is 770. The molecule has 0 radical (unpaired) electrons. The zero-order chi connectivity index (χ0) is 16.2. The Morgan fingerprint density at radius 3 is 2.87 bits per heavy atom. The van der Waals surface area contributed by atoms with Crippen molar-refractivity contribution in [1.82, 2.24) is 19.7 Å². The van der Waals surface area contributed by atoms with Crippen LogP contribution in [0.15, 0.2) is 43.0 Å². The van der Waals surface area contributed by atoms with E-state index in [1.165, 1.54) is 6.33 Å². The van der Waals surface area contributed by atoms with Crippen molar-refractivity contribution in [3.05, 3.63) is 54.2 Å². The maximum Gasteiger partial charge on any atom is 0.388 e. The van der Waals surface area contributed by atoms with E-state index in [2.05, 4.69) is 19.8 Å². The molecule has 120 valence electrons. The third kappa shape index (κ3) is 3.54. The molecular weight excluding hydrogens is 304 g/mol. The van der Waals surface area contributed by atoms with Crippen LogP contribution in [0.1, 0.15) is 11.3 Å². The maximum atomic E-state index is 12.7. The van der Waals surface area contributed by atoms with E-state index < -0.39 is 6.61 Å². The van der Waals surface area contributed by atoms with Crippen molar-refractivity contribution in [3.8, 4) is 17.0 Å². The third-order valence-electron chi connectivity index (χ3n) is 3.32. The molecule has 6 nitrogen and oxygen atoms in total. The van der Waals surface area contributed by atoms with Crippen LogP contribution >= 0.6 is 0 Å². The summed E-state index contributed by atoms with van der Waals surface area (Å²) in [5, 5.41) is 3.99. The molecule has 3 rings (SSSR count). The Hall–Kier alpha value is -2.74. The van der Waals surface area contributed by atoms with E-state index in [9.17, 15) is 8.78 Å². The first-order valence-corrected chi connectivity index (χ1v) is 6.94. The summed E-state index contributed by atoms with van der Waals surface area (Å²) in [4.78, 5) is 6.71. The van der Waals surface area contributed by atoms with Gasteiger partial charge in [0.25, 0.3) is 0 Å². The minimum atomic E-state index is -2.91. The van der Waals surface area contributed by atoms with Gasteiger partial charge >= 0.3 is 6.61 Å². The molecule has 3 N–H and O–H groups in total. The van der Waals surface area contributed by atoms with Crippen molar-refractivity contribution in [2.75, 3.05) is 0 Å². The van der Waals surface area contributed by atoms with Gasteiger partial charge in [-0.15, -0.1) is 0 Å². The average Bonchev–Trinajstić information content (AvgIpc) is 3.17. The first-order chi connectivity index (χ1) is 11.2. The van der Waals surface area contributed by atoms with Crippen LogP contribution in [0.3, 0.4) is 0 Å². The van der Waals surface area contributed by atoms with E-state index in [-0.39, 0.29) is 5.88 Å². The van der Waals surface area contributed by atoms with Gasteiger partial charge in [-0.1, -0.05) is 18.2 Å². The quantitative estimate of drug-likeness (QED) is 0.731. The molecule has 0 aliphatic carbocycles. The van der Waals surface area contributed by atoms with Crippen LogP contribution in [-0.2, 0) is 13.1 Å². The number of halogens is 2. The van der Waals surface area contributed by atoms with Gasteiger partial charge in [-0.05, 0) is 23.3 Å². The van der Waals surface area contributed by atoms with Crippen LogP contribution < -0.4 is 10.5 Å². The van der Waals surface area contributed by atoms with Crippen LogP contribution in [0, 0.1) is 0 Å². The van der Waals surface area contributed by atoms with E-state index in [0.717, 1.165) is 11.1 Å². The Labute approximate surface area is 130 Å². The highest BCUT2D eigenvalue weighted by Crippen LogP contribution is 2.32. The van der Waals surface area contributed by atoms with Crippen LogP contribution in [0.5, 0.6) is 5.88 Å². The highest BCUT2D eigenvalue weighted by molar-refractivity contribution is 5.70. The molecule has 8 heteroatoms. The molecule has 3 aromatic rings. The van der Waals surface area contributed by atoms with Crippen molar-refractivity contribution in [2.24, 2.45) is 5.73 Å². The number of nitrogens with zero attached hydrogens (tertiary/aromatic N) is 3. The summed E-state index contributed by atoms with van der Waals surface area (Å²) in [6, 6.07) is 9.13. The molecule has 0 saturated heterocycles. The van der Waals surface area contributed by atoms with Gasteiger partial charge in [0.05, 0.1) is 6.54 Å². The number of hydrogen-bond donors (Lipinski definition) is 2. The smallest absolute Gasteiger partial charge is 0.388 e. The van der Waals surface area contributed by atoms with Crippen molar-refractivity contribution < 1.29 is 13.5 Å². The van der Waals surface area contributed by atoms with E-state index >= 15 is 0 Å². The molecule has 0 fully saturated rings. The lowest BCUT2D eigenvalue weighted by molar-refractivity contribution is -0.0521. The monoisotopic (exact) mass is 319 g/mol. The zero-order valence-corrected chi connectivity index (χ0v) is 12.1. The van der Waals surface area contributed by atoms with E-state index in [4.69, 9.17) is 5.73 Å². The number of aromatic amines is 1. The summed E-state index contributed by atoms with van der Waals surface area (Å²) >= 11 is 0. The van der Waals surface area contributed by atoms with Gasteiger partial charge in [0.1, 0.15) is 12.7 Å². The molecule has 2 heterocycles. The molecular formula is C15H15F2N5O. The number of alkyl halides is 2. The third-order valence-corrected chi connectivity index (χ3v) is 3.32. The summed E-state index contributed by atoms with van der Waals surface area (Å²) in [7, 11) is 0. The lowest BCUT2D eigenvalue weighted by atomic mass is 10.1. The minimum Gasteiger partial charge on any atom is -0.418 e. The van der Waals surface area contributed by atoms with Gasteiger partial charge in [0, 0.05) is 17.8 Å².